The van der Waals surface area contributed by atoms with Crippen LogP contribution in [0.1, 0.15) is 42.8 Å². The van der Waals surface area contributed by atoms with Crippen molar-refractivity contribution in [2.75, 3.05) is 10.8 Å². The summed E-state index contributed by atoms with van der Waals surface area (Å²) in [5.41, 5.74) is 4.68. The molecule has 2 heterocycles. The SMILES string of the molecule is CCc1cc2c(nc1CC)CCCN2S(=O)(=O)c1ccccc1C. The number of fused-ring (bicyclic) bond motifs is 1. The number of hydrogen-bond donors (Lipinski definition) is 0. The molecule has 0 fully saturated rings. The second kappa shape index (κ2) is 6.55. The van der Waals surface area contributed by atoms with E-state index in [0.29, 0.717) is 11.4 Å². The summed E-state index contributed by atoms with van der Waals surface area (Å²) in [6.07, 6.45) is 3.38. The van der Waals surface area contributed by atoms with Gasteiger partial charge in [-0.3, -0.25) is 9.29 Å². The first-order valence-electron chi connectivity index (χ1n) is 8.59. The van der Waals surface area contributed by atoms with Crippen molar-refractivity contribution < 1.29 is 8.42 Å². The van der Waals surface area contributed by atoms with Gasteiger partial charge in [0.05, 0.1) is 16.3 Å². The predicted molar refractivity (Wildman–Crippen MR) is 97.0 cm³/mol. The minimum atomic E-state index is -3.56. The van der Waals surface area contributed by atoms with Gasteiger partial charge in [0.15, 0.2) is 0 Å². The molecule has 1 aliphatic heterocycles. The van der Waals surface area contributed by atoms with Crippen LogP contribution in [0.4, 0.5) is 5.69 Å². The first-order valence-corrected chi connectivity index (χ1v) is 10.0. The number of anilines is 1. The average molecular weight is 344 g/mol. The maximum absolute atomic E-state index is 13.2. The van der Waals surface area contributed by atoms with Crippen LogP contribution in [0.2, 0.25) is 0 Å². The zero-order valence-electron chi connectivity index (χ0n) is 14.5. The van der Waals surface area contributed by atoms with Crippen LogP contribution in [-0.4, -0.2) is 19.9 Å². The highest BCUT2D eigenvalue weighted by Crippen LogP contribution is 2.33. The van der Waals surface area contributed by atoms with Crippen molar-refractivity contribution in [3.8, 4) is 0 Å². The lowest BCUT2D eigenvalue weighted by atomic mass is 10.0. The summed E-state index contributed by atoms with van der Waals surface area (Å²) < 4.78 is 28.0. The lowest BCUT2D eigenvalue weighted by Gasteiger charge is -2.31. The molecule has 4 nitrogen and oxygen atoms in total. The Bertz CT molecular complexity index is 860. The van der Waals surface area contributed by atoms with Crippen LogP contribution in [0, 0.1) is 6.92 Å². The van der Waals surface area contributed by atoms with Gasteiger partial charge in [-0.2, -0.15) is 0 Å². The summed E-state index contributed by atoms with van der Waals surface area (Å²) in [5, 5.41) is 0. The zero-order valence-corrected chi connectivity index (χ0v) is 15.4. The van der Waals surface area contributed by atoms with Crippen molar-refractivity contribution >= 4 is 15.7 Å². The fraction of sp³-hybridized carbons (Fsp3) is 0.421. The third-order valence-corrected chi connectivity index (χ3v) is 6.64. The quantitative estimate of drug-likeness (QED) is 0.850. The molecule has 24 heavy (non-hydrogen) atoms. The lowest BCUT2D eigenvalue weighted by Crippen LogP contribution is -2.36. The fourth-order valence-corrected chi connectivity index (χ4v) is 5.11. The molecule has 0 radical (unpaired) electrons. The van der Waals surface area contributed by atoms with Gasteiger partial charge in [-0.05, 0) is 55.9 Å². The molecule has 0 unspecified atom stereocenters. The van der Waals surface area contributed by atoms with Crippen molar-refractivity contribution in [2.24, 2.45) is 0 Å². The zero-order chi connectivity index (χ0) is 17.3. The summed E-state index contributed by atoms with van der Waals surface area (Å²) in [5.74, 6) is 0. The average Bonchev–Trinajstić information content (AvgIpc) is 2.60. The van der Waals surface area contributed by atoms with E-state index >= 15 is 0 Å². The highest BCUT2D eigenvalue weighted by Gasteiger charge is 2.31. The Balaban J connectivity index is 2.14. The van der Waals surface area contributed by atoms with Crippen LogP contribution in [-0.2, 0) is 29.3 Å². The molecule has 128 valence electrons. The van der Waals surface area contributed by atoms with Crippen LogP contribution in [0.5, 0.6) is 0 Å². The minimum absolute atomic E-state index is 0.385. The van der Waals surface area contributed by atoms with E-state index in [4.69, 9.17) is 4.98 Å². The van der Waals surface area contributed by atoms with Gasteiger partial charge < -0.3 is 0 Å². The molecular weight excluding hydrogens is 320 g/mol. The van der Waals surface area contributed by atoms with Gasteiger partial charge in [0.2, 0.25) is 0 Å². The highest BCUT2D eigenvalue weighted by molar-refractivity contribution is 7.92. The van der Waals surface area contributed by atoms with Crippen LogP contribution >= 0.6 is 0 Å². The van der Waals surface area contributed by atoms with E-state index in [9.17, 15) is 8.42 Å². The summed E-state index contributed by atoms with van der Waals surface area (Å²) in [7, 11) is -3.56. The van der Waals surface area contributed by atoms with Crippen LogP contribution in [0.3, 0.4) is 0 Å². The molecule has 0 bridgehead atoms. The summed E-state index contributed by atoms with van der Waals surface area (Å²) in [6, 6.07) is 9.21. The third kappa shape index (κ3) is 2.81. The number of pyridine rings is 1. The van der Waals surface area contributed by atoms with Gasteiger partial charge in [0.25, 0.3) is 10.0 Å². The Hall–Kier alpha value is -1.88. The Morgan fingerprint density at radius 1 is 1.17 bits per heavy atom. The second-order valence-electron chi connectivity index (χ2n) is 6.21. The van der Waals surface area contributed by atoms with Gasteiger partial charge in [-0.25, -0.2) is 8.42 Å². The maximum Gasteiger partial charge on any atom is 0.264 e. The first-order chi connectivity index (χ1) is 11.5. The van der Waals surface area contributed by atoms with Crippen LogP contribution in [0.25, 0.3) is 0 Å². The molecule has 0 saturated carbocycles. The summed E-state index contributed by atoms with van der Waals surface area (Å²) in [4.78, 5) is 5.16. The molecule has 0 spiro atoms. The molecule has 0 atom stereocenters. The Morgan fingerprint density at radius 2 is 1.92 bits per heavy atom. The van der Waals surface area contributed by atoms with Crippen molar-refractivity contribution in [3.05, 3.63) is 52.8 Å². The number of aryl methyl sites for hydroxylation is 4. The number of hydrogen-bond acceptors (Lipinski definition) is 3. The smallest absolute Gasteiger partial charge is 0.264 e. The minimum Gasteiger partial charge on any atom is -0.264 e. The number of benzene rings is 1. The fourth-order valence-electron chi connectivity index (χ4n) is 3.36. The van der Waals surface area contributed by atoms with Crippen molar-refractivity contribution in [2.45, 2.75) is 51.3 Å². The molecular formula is C19H24N2O2S. The largest absolute Gasteiger partial charge is 0.264 e. The normalized spacial score (nSPS) is 14.5. The van der Waals surface area contributed by atoms with E-state index in [0.717, 1.165) is 53.9 Å². The molecule has 3 rings (SSSR count). The molecule has 2 aromatic rings. The van der Waals surface area contributed by atoms with Gasteiger partial charge >= 0.3 is 0 Å². The number of nitrogens with zero attached hydrogens (tertiary/aromatic N) is 2. The van der Waals surface area contributed by atoms with Crippen molar-refractivity contribution in [1.29, 1.82) is 0 Å². The van der Waals surface area contributed by atoms with E-state index in [-0.39, 0.29) is 0 Å². The van der Waals surface area contributed by atoms with E-state index in [2.05, 4.69) is 13.8 Å². The van der Waals surface area contributed by atoms with Crippen LogP contribution < -0.4 is 4.31 Å². The van der Waals surface area contributed by atoms with Gasteiger partial charge in [0, 0.05) is 12.2 Å². The molecule has 0 aliphatic carbocycles. The lowest BCUT2D eigenvalue weighted by molar-refractivity contribution is 0.585. The first kappa shape index (κ1) is 17.0. The third-order valence-electron chi connectivity index (χ3n) is 4.67. The predicted octanol–water partition coefficient (Wildman–Crippen LogP) is 3.66. The van der Waals surface area contributed by atoms with Gasteiger partial charge in [-0.15, -0.1) is 0 Å². The molecule has 1 aliphatic rings. The molecule has 5 heteroatoms. The standard InChI is InChI=1S/C19H24N2O2S/c1-4-15-13-18-17(20-16(15)5-2)10-8-12-21(18)24(22,23)19-11-7-6-9-14(19)3/h6-7,9,11,13H,4-5,8,10,12H2,1-3H3. The van der Waals surface area contributed by atoms with Crippen LogP contribution in [0.15, 0.2) is 35.2 Å². The van der Waals surface area contributed by atoms with Crippen molar-refractivity contribution in [1.82, 2.24) is 4.98 Å². The molecule has 0 N–H and O–H groups in total. The summed E-state index contributed by atoms with van der Waals surface area (Å²) in [6.45, 7) is 6.54. The van der Waals surface area contributed by atoms with E-state index in [1.54, 1.807) is 16.4 Å². The summed E-state index contributed by atoms with van der Waals surface area (Å²) >= 11 is 0. The number of sulfonamides is 1. The monoisotopic (exact) mass is 344 g/mol. The van der Waals surface area contributed by atoms with Gasteiger partial charge in [-0.1, -0.05) is 32.0 Å². The highest BCUT2D eigenvalue weighted by atomic mass is 32.2. The maximum atomic E-state index is 13.2. The van der Waals surface area contributed by atoms with E-state index in [1.807, 2.05) is 25.1 Å². The molecule has 1 aromatic carbocycles. The Labute approximate surface area is 144 Å². The van der Waals surface area contributed by atoms with E-state index < -0.39 is 10.0 Å². The molecule has 1 aromatic heterocycles. The second-order valence-corrected chi connectivity index (χ2v) is 8.04. The Morgan fingerprint density at radius 3 is 2.58 bits per heavy atom. The molecule has 0 saturated heterocycles. The number of rotatable bonds is 4. The number of aromatic nitrogens is 1. The van der Waals surface area contributed by atoms with Gasteiger partial charge in [0.1, 0.15) is 0 Å². The molecule has 0 amide bonds. The topological polar surface area (TPSA) is 50.3 Å². The Kier molecular flexibility index (Phi) is 4.63. The van der Waals surface area contributed by atoms with E-state index in [1.165, 1.54) is 0 Å². The van der Waals surface area contributed by atoms with Crippen molar-refractivity contribution in [3.63, 3.8) is 0 Å².